The Morgan fingerprint density at radius 3 is 1.33 bits per heavy atom. The van der Waals surface area contributed by atoms with Crippen molar-refractivity contribution in [3.05, 3.63) is 0 Å². The summed E-state index contributed by atoms with van der Waals surface area (Å²) in [6.45, 7) is 3.36. The number of halogens is 6. The van der Waals surface area contributed by atoms with E-state index < -0.39 is 35.2 Å². The van der Waals surface area contributed by atoms with E-state index in [4.69, 9.17) is 0 Å². The van der Waals surface area contributed by atoms with Gasteiger partial charge in [0.25, 0.3) is 0 Å². The van der Waals surface area contributed by atoms with Gasteiger partial charge in [0.2, 0.25) is 0 Å². The molecule has 0 bridgehead atoms. The van der Waals surface area contributed by atoms with Crippen LogP contribution in [0, 0.1) is 0 Å². The highest BCUT2D eigenvalue weighted by molar-refractivity contribution is 8.05. The maximum Gasteiger partial charge on any atom is 0.512 e. The largest absolute Gasteiger partial charge is 0.512 e. The van der Waals surface area contributed by atoms with Gasteiger partial charge < -0.3 is 5.32 Å². The highest BCUT2D eigenvalue weighted by Gasteiger charge is 2.55. The predicted octanol–water partition coefficient (Wildman–Crippen LogP) is 1.28. The minimum absolute atomic E-state index is 0.493. The van der Waals surface area contributed by atoms with Gasteiger partial charge in [0.1, 0.15) is 0 Å². The van der Waals surface area contributed by atoms with Crippen molar-refractivity contribution < 1.29 is 43.2 Å². The Morgan fingerprint density at radius 1 is 0.857 bits per heavy atom. The van der Waals surface area contributed by atoms with Gasteiger partial charge in [-0.1, -0.05) is 17.5 Å². The third-order valence-electron chi connectivity index (χ3n) is 1.61. The lowest BCUT2D eigenvalue weighted by Gasteiger charge is -2.11. The molecule has 0 aliphatic carbocycles. The van der Waals surface area contributed by atoms with E-state index in [9.17, 15) is 43.2 Å². The Hall–Kier alpha value is -0.600. The summed E-state index contributed by atoms with van der Waals surface area (Å²) in [5.41, 5.74) is -12.3. The van der Waals surface area contributed by atoms with E-state index in [1.54, 1.807) is 0 Å². The van der Waals surface area contributed by atoms with Crippen LogP contribution in [-0.2, 0) is 20.0 Å². The number of hydrogen-bond acceptors (Lipinski definition) is 5. The summed E-state index contributed by atoms with van der Waals surface area (Å²) < 4.78 is 108. The summed E-state index contributed by atoms with van der Waals surface area (Å²) in [5.74, 6) is 0. The molecule has 21 heavy (non-hydrogen) atoms. The Labute approximate surface area is 118 Å². The van der Waals surface area contributed by atoms with Crippen LogP contribution in [-0.4, -0.2) is 41.4 Å². The smallest absolute Gasteiger partial charge is 0.320 e. The third-order valence-corrected chi connectivity index (χ3v) is 4.58. The lowest BCUT2D eigenvalue weighted by molar-refractivity contribution is -0.0476. The number of sulfonamides is 2. The second-order valence-electron chi connectivity index (χ2n) is 3.44. The molecule has 2 N–H and O–H groups in total. The van der Waals surface area contributed by atoms with E-state index in [-0.39, 0.29) is 0 Å². The zero-order valence-electron chi connectivity index (χ0n) is 10.8. The van der Waals surface area contributed by atoms with Crippen molar-refractivity contribution in [1.29, 1.82) is 0 Å². The van der Waals surface area contributed by atoms with Crippen molar-refractivity contribution in [3.63, 3.8) is 0 Å². The number of nitrogens with one attached hydrogen (secondary N) is 2. The quantitative estimate of drug-likeness (QED) is 0.563. The summed E-state index contributed by atoms with van der Waals surface area (Å²) >= 11 is 0. The molecule has 0 radical (unpaired) electrons. The van der Waals surface area contributed by atoms with Crippen LogP contribution < -0.4 is 9.44 Å². The molecule has 0 aromatic carbocycles. The fourth-order valence-corrected chi connectivity index (χ4v) is 2.50. The molecular formula is C7H14F6N2O4S2. The highest BCUT2D eigenvalue weighted by atomic mass is 32.3. The molecule has 0 spiro atoms. The Kier molecular flexibility index (Phi) is 8.79. The van der Waals surface area contributed by atoms with Crippen LogP contribution in [0.15, 0.2) is 0 Å². The van der Waals surface area contributed by atoms with E-state index in [1.165, 1.54) is 12.8 Å². The predicted molar refractivity (Wildman–Crippen MR) is 61.9 cm³/mol. The van der Waals surface area contributed by atoms with Gasteiger partial charge in [-0.05, 0) is 20.0 Å². The van der Waals surface area contributed by atoms with Gasteiger partial charge >= 0.3 is 31.1 Å². The van der Waals surface area contributed by atoms with Crippen molar-refractivity contribution in [2.45, 2.75) is 30.8 Å². The molecule has 0 rings (SSSR count). The van der Waals surface area contributed by atoms with E-state index in [0.29, 0.717) is 0 Å². The Bertz CT molecular complexity index is 450. The van der Waals surface area contributed by atoms with Crippen LogP contribution in [0.1, 0.15) is 19.8 Å². The third kappa shape index (κ3) is 8.43. The van der Waals surface area contributed by atoms with Crippen LogP contribution in [0.25, 0.3) is 0 Å². The molecule has 130 valence electrons. The first-order valence-corrected chi connectivity index (χ1v) is 8.14. The number of rotatable bonds is 5. The van der Waals surface area contributed by atoms with Crippen molar-refractivity contribution >= 4 is 20.0 Å². The van der Waals surface area contributed by atoms with Gasteiger partial charge in [-0.15, -0.1) is 0 Å². The first-order chi connectivity index (χ1) is 9.12. The molecule has 0 aromatic heterocycles. The van der Waals surface area contributed by atoms with E-state index in [1.807, 2.05) is 7.05 Å². The number of alkyl halides is 6. The molecule has 0 atom stereocenters. The van der Waals surface area contributed by atoms with Gasteiger partial charge in [0.15, 0.2) is 0 Å². The summed E-state index contributed by atoms with van der Waals surface area (Å²) in [6.07, 6.45) is 2.59. The molecule has 0 heterocycles. The maximum absolute atomic E-state index is 11.5. The minimum Gasteiger partial charge on any atom is -0.320 e. The van der Waals surface area contributed by atoms with Gasteiger partial charge in [-0.25, -0.2) is 16.8 Å². The molecule has 0 saturated carbocycles. The van der Waals surface area contributed by atoms with E-state index in [2.05, 4.69) is 12.2 Å². The zero-order valence-corrected chi connectivity index (χ0v) is 12.5. The van der Waals surface area contributed by atoms with Crippen molar-refractivity contribution in [2.75, 3.05) is 13.6 Å². The Morgan fingerprint density at radius 2 is 1.19 bits per heavy atom. The van der Waals surface area contributed by atoms with Crippen LogP contribution >= 0.6 is 0 Å². The second-order valence-corrected chi connectivity index (χ2v) is 7.05. The molecule has 0 saturated heterocycles. The molecule has 0 amide bonds. The molecule has 0 aliphatic rings. The van der Waals surface area contributed by atoms with Crippen molar-refractivity contribution in [3.8, 4) is 0 Å². The van der Waals surface area contributed by atoms with Crippen LogP contribution in [0.4, 0.5) is 26.3 Å². The normalized spacial score (nSPS) is 13.5. The van der Waals surface area contributed by atoms with Crippen LogP contribution in [0.5, 0.6) is 0 Å². The molecule has 0 aromatic rings. The topological polar surface area (TPSA) is 92.3 Å². The van der Waals surface area contributed by atoms with Crippen molar-refractivity contribution in [2.24, 2.45) is 0 Å². The van der Waals surface area contributed by atoms with E-state index >= 15 is 0 Å². The van der Waals surface area contributed by atoms with Gasteiger partial charge in [0.05, 0.1) is 0 Å². The van der Waals surface area contributed by atoms with Gasteiger partial charge in [0, 0.05) is 0 Å². The average molecular weight is 368 g/mol. The maximum atomic E-state index is 11.5. The van der Waals surface area contributed by atoms with E-state index in [0.717, 1.165) is 6.54 Å². The fraction of sp³-hybridized carbons (Fsp3) is 1.00. The minimum atomic E-state index is -6.60. The SMILES string of the molecule is CCCCNC.O=S(=O)(NS(=O)(=O)C(F)(F)F)C(F)(F)F. The number of unbranched alkanes of at least 4 members (excludes halogenated alkanes) is 1. The first kappa shape index (κ1) is 22.7. The summed E-state index contributed by atoms with van der Waals surface area (Å²) in [7, 11) is -11.2. The monoisotopic (exact) mass is 368 g/mol. The second kappa shape index (κ2) is 8.14. The molecule has 14 heteroatoms. The van der Waals surface area contributed by atoms with Crippen LogP contribution in [0.2, 0.25) is 0 Å². The van der Waals surface area contributed by atoms with Crippen LogP contribution in [0.3, 0.4) is 0 Å². The molecule has 6 nitrogen and oxygen atoms in total. The highest BCUT2D eigenvalue weighted by Crippen LogP contribution is 2.27. The molecule has 0 fully saturated rings. The Balaban J connectivity index is 0. The average Bonchev–Trinajstić information content (AvgIpc) is 2.22. The summed E-state index contributed by atoms with van der Waals surface area (Å²) in [4.78, 5) is 0. The van der Waals surface area contributed by atoms with Gasteiger partial charge in [-0.2, -0.15) is 26.3 Å². The molecule has 0 unspecified atom stereocenters. The molecular weight excluding hydrogens is 354 g/mol. The fourth-order valence-electron chi connectivity index (χ4n) is 0.592. The number of hydrogen-bond donors (Lipinski definition) is 2. The first-order valence-electron chi connectivity index (χ1n) is 5.18. The standard InChI is InChI=1S/C5H13N.C2HF6NO4S2/c1-3-4-5-6-2;3-1(4,5)14(10,11)9-15(12,13)2(6,7)8/h6H,3-5H2,1-2H3;9H. The summed E-state index contributed by atoms with van der Waals surface area (Å²) in [5, 5.41) is 3.07. The lowest BCUT2D eigenvalue weighted by Crippen LogP contribution is -2.45. The summed E-state index contributed by atoms with van der Waals surface area (Å²) in [6, 6.07) is 0. The zero-order chi connectivity index (χ0) is 17.5. The van der Waals surface area contributed by atoms with Gasteiger partial charge in [-0.3, -0.25) is 0 Å². The molecule has 0 aliphatic heterocycles. The van der Waals surface area contributed by atoms with Crippen molar-refractivity contribution in [1.82, 2.24) is 9.44 Å². The lowest BCUT2D eigenvalue weighted by atomic mass is 10.3.